The van der Waals surface area contributed by atoms with Crippen molar-refractivity contribution in [3.05, 3.63) is 21.9 Å². The Morgan fingerprint density at radius 3 is 2.60 bits per heavy atom. The lowest BCUT2D eigenvalue weighted by molar-refractivity contribution is 0.0767. The Morgan fingerprint density at radius 2 is 2.13 bits per heavy atom. The smallest absolute Gasteiger partial charge is 0.263 e. The van der Waals surface area contributed by atoms with Gasteiger partial charge in [0.15, 0.2) is 0 Å². The molecule has 0 aliphatic carbocycles. The monoisotopic (exact) mass is 225 g/mol. The molecule has 1 aromatic rings. The molecule has 1 rings (SSSR count). The lowest BCUT2D eigenvalue weighted by Gasteiger charge is -2.19. The summed E-state index contributed by atoms with van der Waals surface area (Å²) in [6.07, 6.45) is 2.22. The Bertz CT molecular complexity index is 319. The van der Waals surface area contributed by atoms with E-state index in [1.807, 2.05) is 30.9 Å². The first-order valence-corrected chi connectivity index (χ1v) is 6.36. The summed E-state index contributed by atoms with van der Waals surface area (Å²) in [5.74, 6) is 0.184. The summed E-state index contributed by atoms with van der Waals surface area (Å²) in [5, 5.41) is 0. The Hall–Kier alpha value is -0.830. The van der Waals surface area contributed by atoms with E-state index in [4.69, 9.17) is 0 Å². The highest BCUT2D eigenvalue weighted by molar-refractivity contribution is 7.13. The molecule has 1 heterocycles. The van der Waals surface area contributed by atoms with Gasteiger partial charge in [0.1, 0.15) is 0 Å². The van der Waals surface area contributed by atoms with Crippen LogP contribution < -0.4 is 0 Å². The lowest BCUT2D eigenvalue weighted by Crippen LogP contribution is -2.31. The van der Waals surface area contributed by atoms with Gasteiger partial charge in [-0.1, -0.05) is 13.3 Å². The first-order valence-electron chi connectivity index (χ1n) is 5.54. The van der Waals surface area contributed by atoms with Crippen molar-refractivity contribution in [3.8, 4) is 0 Å². The van der Waals surface area contributed by atoms with Crippen molar-refractivity contribution in [1.82, 2.24) is 4.90 Å². The van der Waals surface area contributed by atoms with E-state index < -0.39 is 0 Å². The van der Waals surface area contributed by atoms with E-state index in [-0.39, 0.29) is 5.91 Å². The Labute approximate surface area is 95.9 Å². The first-order chi connectivity index (χ1) is 7.19. The fraction of sp³-hybridized carbons (Fsp3) is 0.583. The molecular formula is C12H19NOS. The molecule has 0 aromatic carbocycles. The maximum atomic E-state index is 12.0. The molecule has 0 N–H and O–H groups in total. The van der Waals surface area contributed by atoms with E-state index in [0.717, 1.165) is 30.8 Å². The molecule has 0 radical (unpaired) electrons. The molecule has 0 aliphatic rings. The second-order valence-corrected chi connectivity index (χ2v) is 4.94. The summed E-state index contributed by atoms with van der Waals surface area (Å²) in [5.41, 5.74) is 0. The average molecular weight is 225 g/mol. The van der Waals surface area contributed by atoms with Crippen molar-refractivity contribution >= 4 is 17.2 Å². The summed E-state index contributed by atoms with van der Waals surface area (Å²) in [6, 6.07) is 3.93. The van der Waals surface area contributed by atoms with Crippen LogP contribution in [0.5, 0.6) is 0 Å². The Balaban J connectivity index is 2.64. The number of hydrogen-bond acceptors (Lipinski definition) is 2. The van der Waals surface area contributed by atoms with Gasteiger partial charge in [0, 0.05) is 18.0 Å². The largest absolute Gasteiger partial charge is 0.338 e. The molecule has 15 heavy (non-hydrogen) atoms. The number of unbranched alkanes of at least 4 members (excludes halogenated alkanes) is 1. The van der Waals surface area contributed by atoms with Crippen molar-refractivity contribution in [2.24, 2.45) is 0 Å². The van der Waals surface area contributed by atoms with Gasteiger partial charge in [-0.15, -0.1) is 11.3 Å². The van der Waals surface area contributed by atoms with E-state index in [0.29, 0.717) is 0 Å². The van der Waals surface area contributed by atoms with Crippen molar-refractivity contribution in [3.63, 3.8) is 0 Å². The zero-order valence-electron chi connectivity index (χ0n) is 9.75. The Morgan fingerprint density at radius 1 is 1.40 bits per heavy atom. The van der Waals surface area contributed by atoms with Gasteiger partial charge in [0.25, 0.3) is 5.91 Å². The van der Waals surface area contributed by atoms with Crippen LogP contribution >= 0.6 is 11.3 Å². The molecule has 1 aromatic heterocycles. The molecule has 0 aliphatic heterocycles. The third kappa shape index (κ3) is 3.34. The van der Waals surface area contributed by atoms with Crippen LogP contribution in [0.3, 0.4) is 0 Å². The predicted octanol–water partition coefficient (Wildman–Crippen LogP) is 3.32. The van der Waals surface area contributed by atoms with E-state index in [1.165, 1.54) is 4.88 Å². The standard InChI is InChI=1S/C12H19NOS/c1-4-6-9-13(5-2)12(14)11-8-7-10(3)15-11/h7-8H,4-6,9H2,1-3H3. The number of carbonyl (C=O) groups excluding carboxylic acids is 1. The van der Waals surface area contributed by atoms with Crippen LogP contribution in [0.15, 0.2) is 12.1 Å². The fourth-order valence-corrected chi connectivity index (χ4v) is 2.29. The summed E-state index contributed by atoms with van der Waals surface area (Å²) in [7, 11) is 0. The molecule has 3 heteroatoms. The molecule has 0 saturated heterocycles. The molecule has 84 valence electrons. The lowest BCUT2D eigenvalue weighted by atomic mass is 10.3. The van der Waals surface area contributed by atoms with E-state index >= 15 is 0 Å². The minimum Gasteiger partial charge on any atom is -0.338 e. The zero-order valence-corrected chi connectivity index (χ0v) is 10.6. The van der Waals surface area contributed by atoms with Crippen molar-refractivity contribution < 1.29 is 4.79 Å². The number of rotatable bonds is 5. The number of nitrogens with zero attached hydrogens (tertiary/aromatic N) is 1. The summed E-state index contributed by atoms with van der Waals surface area (Å²) < 4.78 is 0. The second kappa shape index (κ2) is 5.91. The normalized spacial score (nSPS) is 10.3. The third-order valence-corrected chi connectivity index (χ3v) is 3.39. The third-order valence-electron chi connectivity index (χ3n) is 2.40. The maximum absolute atomic E-state index is 12.0. The van der Waals surface area contributed by atoms with Crippen LogP contribution in [-0.2, 0) is 0 Å². The molecular weight excluding hydrogens is 206 g/mol. The van der Waals surface area contributed by atoms with Gasteiger partial charge < -0.3 is 4.90 Å². The van der Waals surface area contributed by atoms with Gasteiger partial charge in [0.2, 0.25) is 0 Å². The number of amides is 1. The fourth-order valence-electron chi connectivity index (χ4n) is 1.46. The van der Waals surface area contributed by atoms with Crippen LogP contribution in [0.1, 0.15) is 41.2 Å². The summed E-state index contributed by atoms with van der Waals surface area (Å²) in [6.45, 7) is 7.89. The summed E-state index contributed by atoms with van der Waals surface area (Å²) in [4.78, 5) is 16.0. The van der Waals surface area contributed by atoms with Gasteiger partial charge in [-0.05, 0) is 32.4 Å². The summed E-state index contributed by atoms with van der Waals surface area (Å²) >= 11 is 1.58. The average Bonchev–Trinajstić information content (AvgIpc) is 2.65. The SMILES string of the molecule is CCCCN(CC)C(=O)c1ccc(C)s1. The number of thiophene rings is 1. The van der Waals surface area contributed by atoms with Crippen LogP contribution in [0.4, 0.5) is 0 Å². The number of carbonyl (C=O) groups is 1. The molecule has 2 nitrogen and oxygen atoms in total. The van der Waals surface area contributed by atoms with Crippen LogP contribution in [0, 0.1) is 6.92 Å². The predicted molar refractivity (Wildman–Crippen MR) is 65.5 cm³/mol. The van der Waals surface area contributed by atoms with Crippen molar-refractivity contribution in [1.29, 1.82) is 0 Å². The highest BCUT2D eigenvalue weighted by atomic mass is 32.1. The highest BCUT2D eigenvalue weighted by Crippen LogP contribution is 2.17. The molecule has 0 atom stereocenters. The van der Waals surface area contributed by atoms with Crippen molar-refractivity contribution in [2.45, 2.75) is 33.6 Å². The molecule has 0 spiro atoms. The minimum atomic E-state index is 0.184. The molecule has 1 amide bonds. The van der Waals surface area contributed by atoms with Gasteiger partial charge in [0.05, 0.1) is 4.88 Å². The van der Waals surface area contributed by atoms with Crippen LogP contribution in [0.2, 0.25) is 0 Å². The van der Waals surface area contributed by atoms with Crippen molar-refractivity contribution in [2.75, 3.05) is 13.1 Å². The van der Waals surface area contributed by atoms with Crippen LogP contribution in [0.25, 0.3) is 0 Å². The van der Waals surface area contributed by atoms with E-state index in [9.17, 15) is 4.79 Å². The van der Waals surface area contributed by atoms with E-state index in [2.05, 4.69) is 6.92 Å². The van der Waals surface area contributed by atoms with Gasteiger partial charge in [-0.3, -0.25) is 4.79 Å². The molecule has 0 fully saturated rings. The van der Waals surface area contributed by atoms with E-state index in [1.54, 1.807) is 11.3 Å². The quantitative estimate of drug-likeness (QED) is 0.752. The molecule has 0 unspecified atom stereocenters. The number of aryl methyl sites for hydroxylation is 1. The number of hydrogen-bond donors (Lipinski definition) is 0. The van der Waals surface area contributed by atoms with Gasteiger partial charge in [-0.2, -0.15) is 0 Å². The Kier molecular flexibility index (Phi) is 4.82. The second-order valence-electron chi connectivity index (χ2n) is 3.65. The highest BCUT2D eigenvalue weighted by Gasteiger charge is 2.14. The minimum absolute atomic E-state index is 0.184. The van der Waals surface area contributed by atoms with Gasteiger partial charge >= 0.3 is 0 Å². The first kappa shape index (κ1) is 12.2. The van der Waals surface area contributed by atoms with Crippen LogP contribution in [-0.4, -0.2) is 23.9 Å². The molecule has 0 saturated carbocycles. The zero-order chi connectivity index (χ0) is 11.3. The molecule has 0 bridgehead atoms. The maximum Gasteiger partial charge on any atom is 0.263 e. The van der Waals surface area contributed by atoms with Gasteiger partial charge in [-0.25, -0.2) is 0 Å². The topological polar surface area (TPSA) is 20.3 Å².